The van der Waals surface area contributed by atoms with Crippen LogP contribution in [0.15, 0.2) is 61.1 Å². The Labute approximate surface area is 415 Å². The molecule has 366 valence electrons. The van der Waals surface area contributed by atoms with Crippen LogP contribution in [0.5, 0.6) is 11.6 Å². The maximum absolute atomic E-state index is 14.0. The summed E-state index contributed by atoms with van der Waals surface area (Å²) < 4.78 is 37.5. The van der Waals surface area contributed by atoms with Crippen LogP contribution in [0.3, 0.4) is 0 Å². The van der Waals surface area contributed by atoms with Gasteiger partial charge in [0.05, 0.1) is 45.9 Å². The Balaban J connectivity index is 0.704. The van der Waals surface area contributed by atoms with Gasteiger partial charge in [0, 0.05) is 81.4 Å². The Morgan fingerprint density at radius 1 is 0.873 bits per heavy atom. The van der Waals surface area contributed by atoms with Crippen molar-refractivity contribution in [2.45, 2.75) is 96.9 Å². The molecule has 0 bridgehead atoms. The first-order valence-electron chi connectivity index (χ1n) is 26.1. The zero-order chi connectivity index (χ0) is 51.5. The van der Waals surface area contributed by atoms with Crippen LogP contribution in [0.4, 0.5) is 28.7 Å². The molecule has 3 unspecified atom stereocenters. The third-order valence-corrected chi connectivity index (χ3v) is 15.8. The number of methoxy groups -OCH3 is 1. The largest absolute Gasteiger partial charge is 0.488 e. The van der Waals surface area contributed by atoms with Crippen molar-refractivity contribution in [3.63, 3.8) is 0 Å². The molecule has 0 radical (unpaired) electrons. The summed E-state index contributed by atoms with van der Waals surface area (Å²) in [5.41, 5.74) is 8.04. The van der Waals surface area contributed by atoms with Crippen LogP contribution >= 0.6 is 0 Å². The van der Waals surface area contributed by atoms with Crippen molar-refractivity contribution in [2.24, 2.45) is 5.41 Å². The Morgan fingerprint density at radius 3 is 2.55 bits per heavy atom. The zero-order valence-corrected chi connectivity index (χ0v) is 40.2. The molecule has 71 heavy (non-hydrogen) atoms. The molecule has 2 N–H and O–H groups in total. The van der Waals surface area contributed by atoms with Crippen LogP contribution in [0.1, 0.15) is 98.6 Å². The molecule has 10 heterocycles. The van der Waals surface area contributed by atoms with Crippen LogP contribution in [0.25, 0.3) is 11.1 Å². The molecular weight excluding hydrogens is 903 g/mol. The van der Waals surface area contributed by atoms with Crippen LogP contribution in [-0.4, -0.2) is 129 Å². The Bertz CT molecular complexity index is 3200. The van der Waals surface area contributed by atoms with Gasteiger partial charge >= 0.3 is 0 Å². The zero-order valence-electron chi connectivity index (χ0n) is 43.2. The number of nitrogens with zero attached hydrogens (tertiary/aromatic N) is 9. The summed E-state index contributed by atoms with van der Waals surface area (Å²) in [6, 6.07) is 12.5. The van der Waals surface area contributed by atoms with Gasteiger partial charge < -0.3 is 29.2 Å². The monoisotopic (exact) mass is 962 g/mol. The third kappa shape index (κ3) is 7.47. The van der Waals surface area contributed by atoms with Crippen molar-refractivity contribution in [3.05, 3.63) is 94.7 Å². The molecule has 5 amide bonds. The van der Waals surface area contributed by atoms with Crippen molar-refractivity contribution in [1.82, 2.24) is 34.6 Å². The number of anilines is 5. The number of aromatic nitrogens is 4. The average Bonchev–Trinajstić information content (AvgIpc) is 3.96. The first-order chi connectivity index (χ1) is 35.4. The number of imide groups is 2. The Morgan fingerprint density at radius 2 is 1.75 bits per heavy atom. The molecule has 5 aromatic rings. The molecule has 6 aliphatic heterocycles. The van der Waals surface area contributed by atoms with Crippen LogP contribution in [0, 0.1) is 12.3 Å². The van der Waals surface area contributed by atoms with E-state index in [1.165, 1.54) is 11.3 Å². The van der Waals surface area contributed by atoms with E-state index in [2.05, 4.69) is 66.7 Å². The maximum Gasteiger partial charge on any atom is 0.276 e. The summed E-state index contributed by atoms with van der Waals surface area (Å²) in [6.07, 6.45) is 8.85. The maximum atomic E-state index is 14.0. The summed E-state index contributed by atoms with van der Waals surface area (Å²) >= 11 is 0. The van der Waals surface area contributed by atoms with Crippen molar-refractivity contribution in [1.29, 1.82) is 0 Å². The van der Waals surface area contributed by atoms with E-state index in [1.807, 2.05) is 37.4 Å². The molecule has 18 nitrogen and oxygen atoms in total. The van der Waals surface area contributed by atoms with Gasteiger partial charge in [-0.1, -0.05) is 13.8 Å². The van der Waals surface area contributed by atoms with Gasteiger partial charge in [0.25, 0.3) is 17.7 Å². The fourth-order valence-electron chi connectivity index (χ4n) is 12.4. The van der Waals surface area contributed by atoms with Gasteiger partial charge in [-0.3, -0.25) is 44.0 Å². The van der Waals surface area contributed by atoms with E-state index in [0.29, 0.717) is 60.1 Å². The summed E-state index contributed by atoms with van der Waals surface area (Å²) in [6.45, 7) is 13.4. The van der Waals surface area contributed by atoms with Gasteiger partial charge in [-0.15, -0.1) is 0 Å². The van der Waals surface area contributed by atoms with Gasteiger partial charge in [-0.2, -0.15) is 0 Å². The Hall–Kier alpha value is -7.34. The second-order valence-electron chi connectivity index (χ2n) is 20.8. The molecular formula is C53H57N11O7. The van der Waals surface area contributed by atoms with Gasteiger partial charge in [-0.25, -0.2) is 15.0 Å². The highest BCUT2D eigenvalue weighted by Crippen LogP contribution is 2.46. The summed E-state index contributed by atoms with van der Waals surface area (Å²) in [4.78, 5) is 89.6. The number of piperidine rings is 2. The number of fused-ring (bicyclic) bond motifs is 8. The van der Waals surface area contributed by atoms with Gasteiger partial charge in [0.2, 0.25) is 17.7 Å². The second-order valence-corrected chi connectivity index (χ2v) is 20.8. The smallest absolute Gasteiger partial charge is 0.276 e. The highest BCUT2D eigenvalue weighted by Gasteiger charge is 2.49. The van der Waals surface area contributed by atoms with Gasteiger partial charge in [0.15, 0.2) is 5.75 Å². The van der Waals surface area contributed by atoms with E-state index in [4.69, 9.17) is 18.6 Å². The summed E-state index contributed by atoms with van der Waals surface area (Å²) in [5, 5.41) is 5.52. The number of pyridine rings is 3. The molecule has 7 aliphatic rings. The molecule has 1 aliphatic carbocycles. The van der Waals surface area contributed by atoms with E-state index in [9.17, 15) is 24.0 Å². The predicted molar refractivity (Wildman–Crippen MR) is 265 cm³/mol. The fraction of sp³-hybridized carbons (Fsp3) is 0.434. The standard InChI is InChI=1S/C53H57N11O7/c1-29-27-59(33-13-15-61-35(22-33)28-71-46-39(61)8-7-37-45(46)52(69)64(50(37)67)40-9-11-44(65)58-48(40)66)16-17-60(29)34-6-10-43(55-26-34)57-38-20-32(25-56-49(38)70-5)36-12-14-54-47(30(36)2)63-19-18-62-41(51(63)68)21-31-23-53(3,4)24-42(31)62/h6-8,10,12,14,20-21,25-26,29,33,35,40H,9,11,13,15-19,22-24,27-28H2,1-5H3,(H,55,57)(H,58,65,66)/t29-,33?,35?,40?/m0/s1/i5D3. The van der Waals surface area contributed by atoms with Crippen LogP contribution in [-0.2, 0) is 29.0 Å². The molecule has 4 atom stereocenters. The summed E-state index contributed by atoms with van der Waals surface area (Å²) in [7, 11) is -2.76. The average molecular weight is 963 g/mol. The topological polar surface area (TPSA) is 188 Å². The number of amides is 5. The third-order valence-electron chi connectivity index (χ3n) is 15.8. The lowest BCUT2D eigenvalue weighted by atomic mass is 9.90. The minimum absolute atomic E-state index is 0.0504. The second kappa shape index (κ2) is 16.9. The molecule has 0 spiro atoms. The Kier molecular flexibility index (Phi) is 9.88. The number of benzene rings is 1. The van der Waals surface area contributed by atoms with E-state index >= 15 is 0 Å². The van der Waals surface area contributed by atoms with Crippen molar-refractivity contribution >= 4 is 58.2 Å². The number of hydrogen-bond donors (Lipinski definition) is 2. The van der Waals surface area contributed by atoms with Crippen molar-refractivity contribution in [2.75, 3.05) is 66.4 Å². The minimum atomic E-state index is -2.76. The fourth-order valence-corrected chi connectivity index (χ4v) is 12.4. The lowest BCUT2D eigenvalue weighted by Crippen LogP contribution is -2.59. The number of piperazine rings is 1. The van der Waals surface area contributed by atoms with Crippen molar-refractivity contribution in [3.8, 4) is 22.8 Å². The predicted octanol–water partition coefficient (Wildman–Crippen LogP) is 5.53. The quantitative estimate of drug-likeness (QED) is 0.185. The number of carbonyl (C=O) groups excluding carboxylic acids is 5. The number of nitrogens with one attached hydrogen (secondary N) is 2. The normalized spacial score (nSPS) is 24.5. The van der Waals surface area contributed by atoms with Crippen molar-refractivity contribution < 1.29 is 37.6 Å². The lowest BCUT2D eigenvalue weighted by Gasteiger charge is -2.50. The van der Waals surface area contributed by atoms with E-state index < -0.39 is 36.7 Å². The minimum Gasteiger partial charge on any atom is -0.488 e. The molecule has 12 rings (SSSR count). The number of rotatable bonds is 8. The van der Waals surface area contributed by atoms with Crippen LogP contribution in [0.2, 0.25) is 0 Å². The molecule has 3 fully saturated rings. The lowest BCUT2D eigenvalue weighted by molar-refractivity contribution is -0.136. The number of hydrogen-bond acceptors (Lipinski definition) is 14. The van der Waals surface area contributed by atoms with E-state index in [1.54, 1.807) is 29.4 Å². The molecule has 4 aromatic heterocycles. The number of carbonyl (C=O) groups is 5. The highest BCUT2D eigenvalue weighted by molar-refractivity contribution is 6.25. The summed E-state index contributed by atoms with van der Waals surface area (Å²) in [5.74, 6) is -0.975. The first kappa shape index (κ1) is 41.4. The number of ether oxygens (including phenoxy) is 2. The van der Waals surface area contributed by atoms with E-state index in [-0.39, 0.29) is 53.3 Å². The van der Waals surface area contributed by atoms with E-state index in [0.717, 1.165) is 79.3 Å². The molecule has 18 heteroatoms. The van der Waals surface area contributed by atoms with Crippen LogP contribution < -0.4 is 34.8 Å². The highest BCUT2D eigenvalue weighted by atomic mass is 16.5. The first-order valence-corrected chi connectivity index (χ1v) is 24.6. The molecule has 0 saturated carbocycles. The van der Waals surface area contributed by atoms with Gasteiger partial charge in [0.1, 0.15) is 35.7 Å². The van der Waals surface area contributed by atoms with Gasteiger partial charge in [-0.05, 0) is 111 Å². The SMILES string of the molecule is [2H]C([2H])([2H])Oc1ncc(-c2ccnc(N3CCn4c(cc5c4CC(C)(C)C5)C3=O)c2C)cc1Nc1ccc(N2CCN(C3CCN4c5ccc6c(c5OCC4C3)C(=O)N(C3CCC(=O)NC3=O)C6=O)C[C@@H]2C)cn1. The molecule has 3 saturated heterocycles. The molecule has 1 aromatic carbocycles.